The zero-order valence-electron chi connectivity index (χ0n) is 15.9. The van der Waals surface area contributed by atoms with Crippen molar-refractivity contribution in [3.63, 3.8) is 0 Å². The smallest absolute Gasteiger partial charge is 0.317 e. The molecule has 0 aliphatic rings. The van der Waals surface area contributed by atoms with Gasteiger partial charge in [-0.1, -0.05) is 49.7 Å². The predicted octanol–water partition coefficient (Wildman–Crippen LogP) is 4.68. The summed E-state index contributed by atoms with van der Waals surface area (Å²) in [6, 6.07) is 17.3. The number of carbonyl (C=O) groups is 1. The molecule has 1 aromatic heterocycles. The van der Waals surface area contributed by atoms with Gasteiger partial charge in [-0.3, -0.25) is 9.36 Å². The normalized spacial score (nSPS) is 11.9. The van der Waals surface area contributed by atoms with E-state index in [1.807, 2.05) is 59.2 Å². The molecule has 3 rings (SSSR count). The molecule has 0 spiro atoms. The van der Waals surface area contributed by atoms with Crippen molar-refractivity contribution in [3.8, 4) is 22.8 Å². The monoisotopic (exact) mass is 397 g/mol. The minimum Gasteiger partial charge on any atom is -0.497 e. The number of aromatic nitrogens is 3. The highest BCUT2D eigenvalue weighted by Gasteiger charge is 2.24. The fourth-order valence-corrected chi connectivity index (χ4v) is 3.86. The largest absolute Gasteiger partial charge is 0.497 e. The van der Waals surface area contributed by atoms with Crippen LogP contribution >= 0.6 is 11.8 Å². The Balaban J connectivity index is 2.03. The van der Waals surface area contributed by atoms with Gasteiger partial charge in [0.25, 0.3) is 0 Å². The minimum atomic E-state index is -0.827. The van der Waals surface area contributed by atoms with Crippen LogP contribution in [-0.2, 0) is 4.79 Å². The summed E-state index contributed by atoms with van der Waals surface area (Å²) in [6.07, 6.45) is 2.40. The minimum absolute atomic E-state index is 0.560. The third-order valence-electron chi connectivity index (χ3n) is 4.34. The highest BCUT2D eigenvalue weighted by Crippen LogP contribution is 2.32. The van der Waals surface area contributed by atoms with Crippen molar-refractivity contribution in [2.75, 3.05) is 7.11 Å². The molecule has 146 valence electrons. The molecule has 0 aliphatic heterocycles. The first-order valence-electron chi connectivity index (χ1n) is 9.18. The second-order valence-corrected chi connectivity index (χ2v) is 7.46. The average Bonchev–Trinajstić information content (AvgIpc) is 3.15. The summed E-state index contributed by atoms with van der Waals surface area (Å²) < 4.78 is 7.14. The first-order valence-corrected chi connectivity index (χ1v) is 10.1. The van der Waals surface area contributed by atoms with Crippen LogP contribution < -0.4 is 4.74 Å². The zero-order chi connectivity index (χ0) is 19.9. The standard InChI is InChI=1S/C21H23N3O3S/c1-3-4-10-18(20(25)26)28-21-23-22-19(15-11-13-17(27-2)14-12-15)24(21)16-8-6-5-7-9-16/h5-9,11-14,18H,3-4,10H2,1-2H3,(H,25,26)/t18-/m0/s1. The van der Waals surface area contributed by atoms with Gasteiger partial charge in [0.05, 0.1) is 7.11 Å². The van der Waals surface area contributed by atoms with E-state index in [-0.39, 0.29) is 0 Å². The number of hydrogen-bond acceptors (Lipinski definition) is 5. The van der Waals surface area contributed by atoms with Gasteiger partial charge in [0.1, 0.15) is 11.0 Å². The number of carboxylic acids is 1. The SMILES string of the molecule is CCCC[C@H](Sc1nnc(-c2ccc(OC)cc2)n1-c1ccccc1)C(=O)O. The number of benzene rings is 2. The lowest BCUT2D eigenvalue weighted by Crippen LogP contribution is -2.17. The molecule has 28 heavy (non-hydrogen) atoms. The summed E-state index contributed by atoms with van der Waals surface area (Å²) in [5, 5.41) is 18.3. The zero-order valence-corrected chi connectivity index (χ0v) is 16.7. The molecule has 1 N–H and O–H groups in total. The van der Waals surface area contributed by atoms with Gasteiger partial charge in [0.15, 0.2) is 11.0 Å². The van der Waals surface area contributed by atoms with Crippen LogP contribution in [0.5, 0.6) is 5.75 Å². The van der Waals surface area contributed by atoms with Crippen LogP contribution in [0.25, 0.3) is 17.1 Å². The third kappa shape index (κ3) is 4.54. The molecule has 0 amide bonds. The maximum absolute atomic E-state index is 11.7. The lowest BCUT2D eigenvalue weighted by Gasteiger charge is -2.14. The molecule has 0 aliphatic carbocycles. The Kier molecular flexibility index (Phi) is 6.71. The molecule has 0 saturated heterocycles. The van der Waals surface area contributed by atoms with E-state index in [0.717, 1.165) is 29.8 Å². The second-order valence-electron chi connectivity index (χ2n) is 6.29. The van der Waals surface area contributed by atoms with E-state index in [9.17, 15) is 9.90 Å². The molecule has 3 aromatic rings. The van der Waals surface area contributed by atoms with E-state index in [1.54, 1.807) is 7.11 Å². The van der Waals surface area contributed by atoms with Crippen molar-refractivity contribution in [1.82, 2.24) is 14.8 Å². The number of rotatable bonds is 9. The number of carboxylic acid groups (broad SMARTS) is 1. The van der Waals surface area contributed by atoms with Crippen LogP contribution in [0.4, 0.5) is 0 Å². The maximum Gasteiger partial charge on any atom is 0.317 e. The van der Waals surface area contributed by atoms with Crippen molar-refractivity contribution in [1.29, 1.82) is 0 Å². The number of ether oxygens (including phenoxy) is 1. The molecule has 0 radical (unpaired) electrons. The van der Waals surface area contributed by atoms with Crippen LogP contribution in [0.1, 0.15) is 26.2 Å². The Labute approximate surface area is 168 Å². The fourth-order valence-electron chi connectivity index (χ4n) is 2.83. The Morgan fingerprint density at radius 3 is 2.46 bits per heavy atom. The van der Waals surface area contributed by atoms with Crippen molar-refractivity contribution >= 4 is 17.7 Å². The van der Waals surface area contributed by atoms with Gasteiger partial charge in [0, 0.05) is 11.3 Å². The van der Waals surface area contributed by atoms with Gasteiger partial charge in [-0.2, -0.15) is 0 Å². The second kappa shape index (κ2) is 9.41. The topological polar surface area (TPSA) is 77.2 Å². The van der Waals surface area contributed by atoms with Gasteiger partial charge in [-0.05, 0) is 42.8 Å². The first kappa shape index (κ1) is 19.9. The lowest BCUT2D eigenvalue weighted by atomic mass is 10.2. The Morgan fingerprint density at radius 2 is 1.86 bits per heavy atom. The summed E-state index contributed by atoms with van der Waals surface area (Å²) in [7, 11) is 1.62. The van der Waals surface area contributed by atoms with Crippen LogP contribution in [0.2, 0.25) is 0 Å². The van der Waals surface area contributed by atoms with E-state index in [1.165, 1.54) is 11.8 Å². The summed E-state index contributed by atoms with van der Waals surface area (Å²) in [5.74, 6) is 0.595. The number of hydrogen-bond donors (Lipinski definition) is 1. The van der Waals surface area contributed by atoms with E-state index in [0.29, 0.717) is 17.4 Å². The maximum atomic E-state index is 11.7. The molecule has 0 saturated carbocycles. The molecular weight excluding hydrogens is 374 g/mol. The summed E-state index contributed by atoms with van der Waals surface area (Å²) in [6.45, 7) is 2.05. The summed E-state index contributed by atoms with van der Waals surface area (Å²) >= 11 is 1.25. The fraction of sp³-hybridized carbons (Fsp3) is 0.286. The number of thioether (sulfide) groups is 1. The Bertz CT molecular complexity index is 910. The van der Waals surface area contributed by atoms with Crippen molar-refractivity contribution < 1.29 is 14.6 Å². The number of unbranched alkanes of at least 4 members (excludes halogenated alkanes) is 1. The van der Waals surface area contributed by atoms with E-state index < -0.39 is 11.2 Å². The summed E-state index contributed by atoms with van der Waals surface area (Å²) in [5.41, 5.74) is 1.77. The Hall–Kier alpha value is -2.80. The third-order valence-corrected chi connectivity index (χ3v) is 5.54. The molecule has 7 heteroatoms. The quantitative estimate of drug-likeness (QED) is 0.528. The predicted molar refractivity (Wildman–Crippen MR) is 110 cm³/mol. The van der Waals surface area contributed by atoms with Crippen LogP contribution in [0.15, 0.2) is 59.8 Å². The lowest BCUT2D eigenvalue weighted by molar-refractivity contribution is -0.136. The molecule has 0 fully saturated rings. The van der Waals surface area contributed by atoms with E-state index in [2.05, 4.69) is 17.1 Å². The molecular formula is C21H23N3O3S. The van der Waals surface area contributed by atoms with Gasteiger partial charge >= 0.3 is 5.97 Å². The van der Waals surface area contributed by atoms with Gasteiger partial charge in [-0.15, -0.1) is 10.2 Å². The molecule has 0 bridgehead atoms. The number of aliphatic carboxylic acids is 1. The van der Waals surface area contributed by atoms with Crippen molar-refractivity contribution in [3.05, 3.63) is 54.6 Å². The number of methoxy groups -OCH3 is 1. The van der Waals surface area contributed by atoms with E-state index in [4.69, 9.17) is 4.74 Å². The highest BCUT2D eigenvalue weighted by atomic mass is 32.2. The van der Waals surface area contributed by atoms with Crippen molar-refractivity contribution in [2.24, 2.45) is 0 Å². The summed E-state index contributed by atoms with van der Waals surface area (Å²) in [4.78, 5) is 11.7. The van der Waals surface area contributed by atoms with Crippen molar-refractivity contribution in [2.45, 2.75) is 36.6 Å². The van der Waals surface area contributed by atoms with Gasteiger partial charge in [0.2, 0.25) is 0 Å². The first-order chi connectivity index (χ1) is 13.6. The van der Waals surface area contributed by atoms with E-state index >= 15 is 0 Å². The highest BCUT2D eigenvalue weighted by molar-refractivity contribution is 8.00. The molecule has 6 nitrogen and oxygen atoms in total. The van der Waals surface area contributed by atoms with Crippen LogP contribution in [0, 0.1) is 0 Å². The number of nitrogens with zero attached hydrogens (tertiary/aromatic N) is 3. The Morgan fingerprint density at radius 1 is 1.14 bits per heavy atom. The molecule has 2 aromatic carbocycles. The molecule has 0 unspecified atom stereocenters. The molecule has 1 heterocycles. The van der Waals surface area contributed by atoms with Crippen LogP contribution in [0.3, 0.4) is 0 Å². The van der Waals surface area contributed by atoms with Crippen LogP contribution in [-0.4, -0.2) is 38.2 Å². The number of para-hydroxylation sites is 1. The van der Waals surface area contributed by atoms with Gasteiger partial charge < -0.3 is 9.84 Å². The van der Waals surface area contributed by atoms with Gasteiger partial charge in [-0.25, -0.2) is 0 Å². The average molecular weight is 398 g/mol. The molecule has 1 atom stereocenters.